The molecule has 2 heterocycles. The highest BCUT2D eigenvalue weighted by molar-refractivity contribution is 5.57. The van der Waals surface area contributed by atoms with Crippen LogP contribution >= 0.6 is 0 Å². The SMILES string of the molecule is CC1CCC(F)C2CC(C=O)NOC12.CNC1CCCC(N2CCC(C(C)C)CC2)C1. The summed E-state index contributed by atoms with van der Waals surface area (Å²) in [6.07, 6.45) is 10.4. The standard InChI is InChI=1S/C15H30N2.C10H16FNO2/c1-12(2)13-7-9-17(10-8-13)15-6-4-5-14(11-15)16-3;1-6-2-3-9(11)8-4-7(5-13)12-14-10(6)8/h12-16H,4-11H2,1-3H3;5-10,12H,2-4H2,1H3. The van der Waals surface area contributed by atoms with E-state index in [-0.39, 0.29) is 18.1 Å². The lowest BCUT2D eigenvalue weighted by atomic mass is 9.75. The van der Waals surface area contributed by atoms with E-state index in [2.05, 4.69) is 43.5 Å². The van der Waals surface area contributed by atoms with Crippen LogP contribution in [-0.4, -0.2) is 61.7 Å². The van der Waals surface area contributed by atoms with Gasteiger partial charge in [0.15, 0.2) is 0 Å². The zero-order valence-electron chi connectivity index (χ0n) is 20.2. The third kappa shape index (κ3) is 6.72. The van der Waals surface area contributed by atoms with E-state index in [4.69, 9.17) is 4.84 Å². The number of halogens is 1. The third-order valence-electron chi connectivity index (χ3n) is 8.48. The Balaban J connectivity index is 0.000000179. The molecule has 4 aliphatic rings. The van der Waals surface area contributed by atoms with Gasteiger partial charge in [-0.05, 0) is 89.3 Å². The minimum Gasteiger partial charge on any atom is -0.317 e. The maximum atomic E-state index is 13.6. The van der Waals surface area contributed by atoms with Crippen LogP contribution in [0.4, 0.5) is 4.39 Å². The fourth-order valence-corrected chi connectivity index (χ4v) is 6.21. The first-order chi connectivity index (χ1) is 14.9. The molecule has 2 N–H and O–H groups in total. The zero-order valence-corrected chi connectivity index (χ0v) is 20.2. The van der Waals surface area contributed by atoms with Crippen LogP contribution in [0.2, 0.25) is 0 Å². The van der Waals surface area contributed by atoms with E-state index in [0.717, 1.165) is 36.6 Å². The monoisotopic (exact) mass is 439 g/mol. The van der Waals surface area contributed by atoms with E-state index in [1.165, 1.54) is 51.6 Å². The maximum Gasteiger partial charge on any atom is 0.139 e. The fourth-order valence-electron chi connectivity index (χ4n) is 6.21. The van der Waals surface area contributed by atoms with Crippen molar-refractivity contribution < 1.29 is 14.0 Å². The first kappa shape index (κ1) is 25.1. The normalized spacial score (nSPS) is 40.0. The van der Waals surface area contributed by atoms with Gasteiger partial charge in [0, 0.05) is 18.0 Å². The van der Waals surface area contributed by atoms with Crippen LogP contribution in [0.15, 0.2) is 0 Å². The summed E-state index contributed by atoms with van der Waals surface area (Å²) >= 11 is 0. The Hall–Kier alpha value is -0.560. The summed E-state index contributed by atoms with van der Waals surface area (Å²) in [6.45, 7) is 9.55. The third-order valence-corrected chi connectivity index (χ3v) is 8.48. The van der Waals surface area contributed by atoms with Gasteiger partial charge in [-0.25, -0.2) is 4.39 Å². The van der Waals surface area contributed by atoms with Crippen LogP contribution in [0, 0.1) is 23.7 Å². The number of hydrogen-bond acceptors (Lipinski definition) is 5. The van der Waals surface area contributed by atoms with E-state index in [9.17, 15) is 9.18 Å². The van der Waals surface area contributed by atoms with E-state index >= 15 is 0 Å². The Morgan fingerprint density at radius 2 is 1.84 bits per heavy atom. The number of nitrogens with one attached hydrogen (secondary N) is 2. The topological polar surface area (TPSA) is 53.6 Å². The molecule has 0 aromatic carbocycles. The Bertz CT molecular complexity index is 541. The first-order valence-electron chi connectivity index (χ1n) is 12.8. The van der Waals surface area contributed by atoms with Gasteiger partial charge >= 0.3 is 0 Å². The molecule has 31 heavy (non-hydrogen) atoms. The van der Waals surface area contributed by atoms with Crippen molar-refractivity contribution in [1.82, 2.24) is 15.7 Å². The molecule has 0 radical (unpaired) electrons. The number of carbonyl (C=O) groups is 1. The molecule has 2 saturated carbocycles. The highest BCUT2D eigenvalue weighted by Crippen LogP contribution is 2.37. The summed E-state index contributed by atoms with van der Waals surface area (Å²) in [7, 11) is 2.12. The van der Waals surface area contributed by atoms with Gasteiger partial charge < -0.3 is 15.0 Å². The summed E-state index contributed by atoms with van der Waals surface area (Å²) in [5, 5.41) is 3.47. The molecule has 4 rings (SSSR count). The molecular formula is C25H46FN3O2. The molecule has 2 saturated heterocycles. The Kier molecular flexibility index (Phi) is 9.75. The van der Waals surface area contributed by atoms with E-state index in [1.807, 2.05) is 0 Å². The van der Waals surface area contributed by atoms with Crippen molar-refractivity contribution >= 4 is 6.29 Å². The van der Waals surface area contributed by atoms with Crippen LogP contribution in [0.5, 0.6) is 0 Å². The second-order valence-corrected chi connectivity index (χ2v) is 10.8. The lowest BCUT2D eigenvalue weighted by Crippen LogP contribution is -2.53. The molecule has 180 valence electrons. The number of alkyl halides is 1. The molecule has 0 amide bonds. The second kappa shape index (κ2) is 12.1. The van der Waals surface area contributed by atoms with Gasteiger partial charge in [0.25, 0.3) is 0 Å². The second-order valence-electron chi connectivity index (χ2n) is 10.8. The van der Waals surface area contributed by atoms with Crippen molar-refractivity contribution in [3.05, 3.63) is 0 Å². The van der Waals surface area contributed by atoms with Gasteiger partial charge in [-0.3, -0.25) is 4.84 Å². The molecular weight excluding hydrogens is 393 g/mol. The number of hydrogen-bond donors (Lipinski definition) is 2. The molecule has 0 aromatic heterocycles. The first-order valence-corrected chi connectivity index (χ1v) is 12.8. The van der Waals surface area contributed by atoms with Gasteiger partial charge in [0.1, 0.15) is 12.5 Å². The highest BCUT2D eigenvalue weighted by atomic mass is 19.1. The number of hydroxylamine groups is 1. The van der Waals surface area contributed by atoms with E-state index in [0.29, 0.717) is 18.8 Å². The van der Waals surface area contributed by atoms with Crippen LogP contribution < -0.4 is 10.8 Å². The number of rotatable bonds is 4. The molecule has 7 unspecified atom stereocenters. The zero-order chi connectivity index (χ0) is 22.4. The predicted octanol–water partition coefficient (Wildman–Crippen LogP) is 4.12. The van der Waals surface area contributed by atoms with Crippen molar-refractivity contribution in [3.63, 3.8) is 0 Å². The number of piperidine rings is 1. The molecule has 7 atom stereocenters. The van der Waals surface area contributed by atoms with Crippen molar-refractivity contribution in [3.8, 4) is 0 Å². The van der Waals surface area contributed by atoms with Gasteiger partial charge in [0.2, 0.25) is 0 Å². The predicted molar refractivity (Wildman–Crippen MR) is 124 cm³/mol. The van der Waals surface area contributed by atoms with Gasteiger partial charge in [-0.2, -0.15) is 5.48 Å². The lowest BCUT2D eigenvalue weighted by Gasteiger charge is -2.42. The molecule has 5 nitrogen and oxygen atoms in total. The van der Waals surface area contributed by atoms with Crippen molar-refractivity contribution in [2.45, 2.75) is 109 Å². The van der Waals surface area contributed by atoms with Gasteiger partial charge in [-0.15, -0.1) is 0 Å². The highest BCUT2D eigenvalue weighted by Gasteiger charge is 2.43. The van der Waals surface area contributed by atoms with Crippen molar-refractivity contribution in [2.75, 3.05) is 20.1 Å². The quantitative estimate of drug-likeness (QED) is 0.646. The molecule has 0 spiro atoms. The number of nitrogens with zero attached hydrogens (tertiary/aromatic N) is 1. The van der Waals surface area contributed by atoms with Crippen molar-refractivity contribution in [1.29, 1.82) is 0 Å². The summed E-state index contributed by atoms with van der Waals surface area (Å²) in [4.78, 5) is 18.7. The minimum absolute atomic E-state index is 0.0602. The van der Waals surface area contributed by atoms with Gasteiger partial charge in [0.05, 0.1) is 12.1 Å². The van der Waals surface area contributed by atoms with E-state index in [1.54, 1.807) is 0 Å². The summed E-state index contributed by atoms with van der Waals surface area (Å²) < 4.78 is 13.6. The Morgan fingerprint density at radius 3 is 2.48 bits per heavy atom. The van der Waals surface area contributed by atoms with E-state index < -0.39 is 6.17 Å². The number of likely N-dealkylation sites (tertiary alicyclic amines) is 1. The number of carbonyl (C=O) groups excluding carboxylic acids is 1. The number of aldehydes is 1. The average Bonchev–Trinajstić information content (AvgIpc) is 2.81. The Labute approximate surface area is 189 Å². The van der Waals surface area contributed by atoms with Crippen LogP contribution in [0.3, 0.4) is 0 Å². The van der Waals surface area contributed by atoms with Crippen LogP contribution in [0.25, 0.3) is 0 Å². The average molecular weight is 440 g/mol. The summed E-state index contributed by atoms with van der Waals surface area (Å²) in [6, 6.07) is 1.31. The molecule has 2 aliphatic carbocycles. The van der Waals surface area contributed by atoms with Crippen LogP contribution in [-0.2, 0) is 9.63 Å². The summed E-state index contributed by atoms with van der Waals surface area (Å²) in [5.74, 6) is 2.14. The maximum absolute atomic E-state index is 13.6. The molecule has 4 fully saturated rings. The molecule has 2 aliphatic heterocycles. The molecule has 6 heteroatoms. The largest absolute Gasteiger partial charge is 0.317 e. The number of fused-ring (bicyclic) bond motifs is 1. The van der Waals surface area contributed by atoms with Gasteiger partial charge in [-0.1, -0.05) is 27.2 Å². The van der Waals surface area contributed by atoms with Crippen molar-refractivity contribution in [2.24, 2.45) is 23.7 Å². The van der Waals surface area contributed by atoms with Crippen LogP contribution in [0.1, 0.15) is 78.6 Å². The molecule has 0 aromatic rings. The summed E-state index contributed by atoms with van der Waals surface area (Å²) in [5.41, 5.74) is 2.68. The smallest absolute Gasteiger partial charge is 0.139 e. The fraction of sp³-hybridized carbons (Fsp3) is 0.960. The Morgan fingerprint density at radius 1 is 1.10 bits per heavy atom. The lowest BCUT2D eigenvalue weighted by molar-refractivity contribution is -0.166. The minimum atomic E-state index is -0.805. The molecule has 0 bridgehead atoms.